The fourth-order valence-corrected chi connectivity index (χ4v) is 2.40. The van der Waals surface area contributed by atoms with E-state index in [0.717, 1.165) is 31.1 Å². The van der Waals surface area contributed by atoms with E-state index in [2.05, 4.69) is 41.0 Å². The van der Waals surface area contributed by atoms with Crippen molar-refractivity contribution in [1.29, 1.82) is 0 Å². The van der Waals surface area contributed by atoms with Crippen LogP contribution < -0.4 is 10.2 Å². The third-order valence-electron chi connectivity index (χ3n) is 3.41. The molecule has 2 heterocycles. The standard InChI is InChI=1S/C13H22N4/c1-4-14-8-11-9-15-10-12(16-11)17-7-5-6-13(17,2)3/h9-10,14H,4-8H2,1-3H3. The molecule has 0 radical (unpaired) electrons. The molecule has 1 fully saturated rings. The van der Waals surface area contributed by atoms with Crippen molar-refractivity contribution in [2.24, 2.45) is 0 Å². The number of rotatable bonds is 4. The quantitative estimate of drug-likeness (QED) is 0.864. The summed E-state index contributed by atoms with van der Waals surface area (Å²) in [5, 5.41) is 3.28. The van der Waals surface area contributed by atoms with Gasteiger partial charge in [0.25, 0.3) is 0 Å². The molecule has 1 saturated heterocycles. The van der Waals surface area contributed by atoms with E-state index >= 15 is 0 Å². The molecule has 0 atom stereocenters. The van der Waals surface area contributed by atoms with E-state index in [1.54, 1.807) is 0 Å². The molecule has 4 heteroatoms. The number of aromatic nitrogens is 2. The number of nitrogens with one attached hydrogen (secondary N) is 1. The smallest absolute Gasteiger partial charge is 0.147 e. The minimum Gasteiger partial charge on any atom is -0.350 e. The lowest BCUT2D eigenvalue weighted by molar-refractivity contribution is 0.513. The molecule has 0 amide bonds. The van der Waals surface area contributed by atoms with Gasteiger partial charge in [-0.1, -0.05) is 6.92 Å². The summed E-state index contributed by atoms with van der Waals surface area (Å²) in [5.41, 5.74) is 1.23. The fourth-order valence-electron chi connectivity index (χ4n) is 2.40. The fraction of sp³-hybridized carbons (Fsp3) is 0.692. The maximum atomic E-state index is 4.69. The molecule has 0 bridgehead atoms. The second-order valence-electron chi connectivity index (χ2n) is 5.22. The zero-order valence-corrected chi connectivity index (χ0v) is 11.0. The molecule has 0 unspecified atom stereocenters. The van der Waals surface area contributed by atoms with Crippen molar-refractivity contribution in [3.05, 3.63) is 18.1 Å². The monoisotopic (exact) mass is 234 g/mol. The van der Waals surface area contributed by atoms with Gasteiger partial charge in [0, 0.05) is 24.8 Å². The van der Waals surface area contributed by atoms with Crippen LogP contribution in [-0.4, -0.2) is 28.6 Å². The highest BCUT2D eigenvalue weighted by atomic mass is 15.3. The third-order valence-corrected chi connectivity index (χ3v) is 3.41. The van der Waals surface area contributed by atoms with Crippen LogP contribution in [0.2, 0.25) is 0 Å². The summed E-state index contributed by atoms with van der Waals surface area (Å²) in [6, 6.07) is 0. The summed E-state index contributed by atoms with van der Waals surface area (Å²) >= 11 is 0. The van der Waals surface area contributed by atoms with Crippen molar-refractivity contribution < 1.29 is 0 Å². The van der Waals surface area contributed by atoms with Crippen LogP contribution in [-0.2, 0) is 6.54 Å². The van der Waals surface area contributed by atoms with Gasteiger partial charge in [0.15, 0.2) is 0 Å². The maximum absolute atomic E-state index is 4.69. The Morgan fingerprint density at radius 3 is 2.88 bits per heavy atom. The van der Waals surface area contributed by atoms with Gasteiger partial charge in [-0.25, -0.2) is 4.98 Å². The Morgan fingerprint density at radius 1 is 1.41 bits per heavy atom. The first-order chi connectivity index (χ1) is 8.13. The number of nitrogens with zero attached hydrogens (tertiary/aromatic N) is 3. The number of anilines is 1. The van der Waals surface area contributed by atoms with Crippen LogP contribution in [0, 0.1) is 0 Å². The second-order valence-corrected chi connectivity index (χ2v) is 5.22. The summed E-state index contributed by atoms with van der Waals surface area (Å²) in [6.45, 7) is 9.50. The van der Waals surface area contributed by atoms with Gasteiger partial charge >= 0.3 is 0 Å². The van der Waals surface area contributed by atoms with E-state index < -0.39 is 0 Å². The Bertz CT molecular complexity index is 375. The Hall–Kier alpha value is -1.16. The molecule has 0 aliphatic carbocycles. The lowest BCUT2D eigenvalue weighted by Gasteiger charge is -2.32. The molecule has 1 aromatic rings. The maximum Gasteiger partial charge on any atom is 0.147 e. The third kappa shape index (κ3) is 2.75. The van der Waals surface area contributed by atoms with Crippen LogP contribution in [0.5, 0.6) is 0 Å². The average molecular weight is 234 g/mol. The highest BCUT2D eigenvalue weighted by Gasteiger charge is 2.32. The molecule has 0 spiro atoms. The van der Waals surface area contributed by atoms with Crippen molar-refractivity contribution in [3.8, 4) is 0 Å². The molecule has 1 aromatic heterocycles. The summed E-state index contributed by atoms with van der Waals surface area (Å²) in [6.07, 6.45) is 6.19. The second kappa shape index (κ2) is 5.00. The van der Waals surface area contributed by atoms with Gasteiger partial charge in [0.05, 0.1) is 11.9 Å². The lowest BCUT2D eigenvalue weighted by atomic mass is 10.0. The highest BCUT2D eigenvalue weighted by molar-refractivity contribution is 5.41. The van der Waals surface area contributed by atoms with Gasteiger partial charge in [-0.05, 0) is 33.2 Å². The van der Waals surface area contributed by atoms with Gasteiger partial charge in [0.1, 0.15) is 5.82 Å². The number of hydrogen-bond acceptors (Lipinski definition) is 4. The van der Waals surface area contributed by atoms with E-state index in [1.165, 1.54) is 12.8 Å². The van der Waals surface area contributed by atoms with Crippen molar-refractivity contribution in [2.75, 3.05) is 18.0 Å². The van der Waals surface area contributed by atoms with Gasteiger partial charge < -0.3 is 10.2 Å². The van der Waals surface area contributed by atoms with Crippen LogP contribution in [0.15, 0.2) is 12.4 Å². The van der Waals surface area contributed by atoms with Crippen LogP contribution in [0.25, 0.3) is 0 Å². The molecule has 2 rings (SSSR count). The predicted octanol–water partition coefficient (Wildman–Crippen LogP) is 1.96. The first kappa shape index (κ1) is 12.3. The van der Waals surface area contributed by atoms with E-state index in [4.69, 9.17) is 0 Å². The molecule has 17 heavy (non-hydrogen) atoms. The van der Waals surface area contributed by atoms with Crippen molar-refractivity contribution in [3.63, 3.8) is 0 Å². The Balaban J connectivity index is 2.15. The molecule has 4 nitrogen and oxygen atoms in total. The molecule has 1 aliphatic rings. The molecule has 1 N–H and O–H groups in total. The predicted molar refractivity (Wildman–Crippen MR) is 70.1 cm³/mol. The number of hydrogen-bond donors (Lipinski definition) is 1. The van der Waals surface area contributed by atoms with Crippen molar-refractivity contribution in [2.45, 2.75) is 45.7 Å². The average Bonchev–Trinajstić information content (AvgIpc) is 2.67. The van der Waals surface area contributed by atoms with Crippen LogP contribution >= 0.6 is 0 Å². The Labute approximate surface area is 103 Å². The van der Waals surface area contributed by atoms with Gasteiger partial charge in [-0.15, -0.1) is 0 Å². The zero-order chi connectivity index (χ0) is 12.3. The molecular formula is C13H22N4. The molecule has 0 saturated carbocycles. The molecular weight excluding hydrogens is 212 g/mol. The summed E-state index contributed by atoms with van der Waals surface area (Å²) < 4.78 is 0. The van der Waals surface area contributed by atoms with Crippen LogP contribution in [0.4, 0.5) is 5.82 Å². The largest absolute Gasteiger partial charge is 0.350 e. The summed E-state index contributed by atoms with van der Waals surface area (Å²) in [5.74, 6) is 1.02. The van der Waals surface area contributed by atoms with E-state index in [9.17, 15) is 0 Å². The van der Waals surface area contributed by atoms with Crippen molar-refractivity contribution in [1.82, 2.24) is 15.3 Å². The van der Waals surface area contributed by atoms with E-state index in [0.29, 0.717) is 0 Å². The summed E-state index contributed by atoms with van der Waals surface area (Å²) in [7, 11) is 0. The minimum atomic E-state index is 0.214. The van der Waals surface area contributed by atoms with Gasteiger partial charge in [-0.3, -0.25) is 4.98 Å². The lowest BCUT2D eigenvalue weighted by Crippen LogP contribution is -2.38. The van der Waals surface area contributed by atoms with E-state index in [-0.39, 0.29) is 5.54 Å². The van der Waals surface area contributed by atoms with Crippen LogP contribution in [0.3, 0.4) is 0 Å². The first-order valence-electron chi connectivity index (χ1n) is 6.43. The molecule has 94 valence electrons. The molecule has 1 aliphatic heterocycles. The molecule has 0 aromatic carbocycles. The Morgan fingerprint density at radius 2 is 2.24 bits per heavy atom. The Kier molecular flexibility index (Phi) is 3.62. The topological polar surface area (TPSA) is 41.1 Å². The SMILES string of the molecule is CCNCc1cncc(N2CCCC2(C)C)n1. The normalized spacial score (nSPS) is 18.6. The van der Waals surface area contributed by atoms with Crippen LogP contribution in [0.1, 0.15) is 39.3 Å². The highest BCUT2D eigenvalue weighted by Crippen LogP contribution is 2.31. The first-order valence-corrected chi connectivity index (χ1v) is 6.43. The van der Waals surface area contributed by atoms with Gasteiger partial charge in [-0.2, -0.15) is 0 Å². The van der Waals surface area contributed by atoms with E-state index in [1.807, 2.05) is 12.4 Å². The zero-order valence-electron chi connectivity index (χ0n) is 11.0. The minimum absolute atomic E-state index is 0.214. The van der Waals surface area contributed by atoms with Gasteiger partial charge in [0.2, 0.25) is 0 Å². The summed E-state index contributed by atoms with van der Waals surface area (Å²) in [4.78, 5) is 11.4. The van der Waals surface area contributed by atoms with Crippen molar-refractivity contribution >= 4 is 5.82 Å².